The van der Waals surface area contributed by atoms with Gasteiger partial charge in [0.2, 0.25) is 10.0 Å². The van der Waals surface area contributed by atoms with Crippen molar-refractivity contribution in [2.24, 2.45) is 0 Å². The van der Waals surface area contributed by atoms with Gasteiger partial charge in [-0.3, -0.25) is 0 Å². The second-order valence-electron chi connectivity index (χ2n) is 4.54. The van der Waals surface area contributed by atoms with Crippen molar-refractivity contribution in [1.29, 1.82) is 0 Å². The molecular formula is C14H18FNO3S. The Morgan fingerprint density at radius 3 is 2.55 bits per heavy atom. The van der Waals surface area contributed by atoms with E-state index in [1.165, 1.54) is 19.2 Å². The Kier molecular flexibility index (Phi) is 5.69. The van der Waals surface area contributed by atoms with Crippen LogP contribution in [-0.2, 0) is 10.0 Å². The Hall–Kier alpha value is -1.42. The first-order chi connectivity index (χ1) is 9.30. The molecule has 0 aliphatic carbocycles. The van der Waals surface area contributed by atoms with Crippen LogP contribution in [0.2, 0.25) is 0 Å². The number of aliphatic hydroxyl groups is 1. The van der Waals surface area contributed by atoms with Crippen LogP contribution in [0, 0.1) is 17.7 Å². The van der Waals surface area contributed by atoms with E-state index in [-0.39, 0.29) is 24.0 Å². The number of aliphatic hydroxyl groups excluding tert-OH is 1. The van der Waals surface area contributed by atoms with Crippen LogP contribution < -0.4 is 0 Å². The van der Waals surface area contributed by atoms with E-state index in [4.69, 9.17) is 5.11 Å². The van der Waals surface area contributed by atoms with E-state index in [1.54, 1.807) is 13.8 Å². The third-order valence-corrected chi connectivity index (χ3v) is 4.85. The lowest BCUT2D eigenvalue weighted by Crippen LogP contribution is -2.33. The minimum absolute atomic E-state index is 0.0683. The Morgan fingerprint density at radius 1 is 1.40 bits per heavy atom. The van der Waals surface area contributed by atoms with Gasteiger partial charge in [-0.25, -0.2) is 12.8 Å². The van der Waals surface area contributed by atoms with E-state index in [0.29, 0.717) is 5.56 Å². The molecule has 1 aromatic rings. The summed E-state index contributed by atoms with van der Waals surface area (Å²) in [5.41, 5.74) is 0.377. The molecule has 0 aromatic heterocycles. The monoisotopic (exact) mass is 299 g/mol. The molecule has 0 heterocycles. The zero-order valence-electron chi connectivity index (χ0n) is 11.7. The van der Waals surface area contributed by atoms with Crippen LogP contribution in [0.3, 0.4) is 0 Å². The topological polar surface area (TPSA) is 57.6 Å². The smallest absolute Gasteiger partial charge is 0.245 e. The molecule has 4 nitrogen and oxygen atoms in total. The van der Waals surface area contributed by atoms with Crippen LogP contribution in [0.15, 0.2) is 23.1 Å². The van der Waals surface area contributed by atoms with Gasteiger partial charge in [-0.05, 0) is 32.0 Å². The van der Waals surface area contributed by atoms with Crippen molar-refractivity contribution in [3.05, 3.63) is 29.6 Å². The van der Waals surface area contributed by atoms with Crippen LogP contribution in [0.5, 0.6) is 0 Å². The molecule has 0 saturated carbocycles. The molecule has 1 rings (SSSR count). The van der Waals surface area contributed by atoms with Gasteiger partial charge in [0.15, 0.2) is 0 Å². The highest BCUT2D eigenvalue weighted by Crippen LogP contribution is 2.20. The second-order valence-corrected chi connectivity index (χ2v) is 6.50. The average molecular weight is 299 g/mol. The minimum atomic E-state index is -3.84. The number of hydrogen-bond acceptors (Lipinski definition) is 3. The molecule has 1 aromatic carbocycles. The molecule has 0 fully saturated rings. The summed E-state index contributed by atoms with van der Waals surface area (Å²) in [6.45, 7) is 3.36. The van der Waals surface area contributed by atoms with Crippen molar-refractivity contribution < 1.29 is 17.9 Å². The van der Waals surface area contributed by atoms with E-state index in [1.807, 2.05) is 0 Å². The van der Waals surface area contributed by atoms with Crippen molar-refractivity contribution in [3.63, 3.8) is 0 Å². The average Bonchev–Trinajstić information content (AvgIpc) is 2.37. The van der Waals surface area contributed by atoms with Gasteiger partial charge in [-0.1, -0.05) is 11.8 Å². The van der Waals surface area contributed by atoms with Gasteiger partial charge in [0.05, 0.1) is 6.61 Å². The lowest BCUT2D eigenvalue weighted by atomic mass is 10.2. The number of halogens is 1. The third kappa shape index (κ3) is 3.79. The zero-order valence-corrected chi connectivity index (χ0v) is 12.5. The molecule has 0 aliphatic rings. The van der Waals surface area contributed by atoms with Crippen molar-refractivity contribution >= 4 is 10.0 Å². The fraction of sp³-hybridized carbons (Fsp3) is 0.429. The van der Waals surface area contributed by atoms with Gasteiger partial charge in [-0.2, -0.15) is 4.31 Å². The number of nitrogens with zero attached hydrogens (tertiary/aromatic N) is 1. The summed E-state index contributed by atoms with van der Waals surface area (Å²) in [5, 5.41) is 8.60. The summed E-state index contributed by atoms with van der Waals surface area (Å²) in [7, 11) is -2.43. The second kappa shape index (κ2) is 6.84. The predicted octanol–water partition coefficient (Wildman–Crippen LogP) is 1.59. The summed E-state index contributed by atoms with van der Waals surface area (Å²) >= 11 is 0. The highest BCUT2D eigenvalue weighted by atomic mass is 32.2. The Balaban J connectivity index is 3.15. The summed E-state index contributed by atoms with van der Waals surface area (Å²) in [6, 6.07) is 3.50. The number of sulfonamides is 1. The molecule has 0 unspecified atom stereocenters. The van der Waals surface area contributed by atoms with Gasteiger partial charge < -0.3 is 5.11 Å². The molecule has 110 valence electrons. The molecule has 0 amide bonds. The zero-order chi connectivity index (χ0) is 15.3. The first-order valence-electron chi connectivity index (χ1n) is 6.18. The van der Waals surface area contributed by atoms with E-state index >= 15 is 0 Å². The molecule has 0 atom stereocenters. The Bertz CT molecular complexity index is 630. The maximum Gasteiger partial charge on any atom is 0.245 e. The summed E-state index contributed by atoms with van der Waals surface area (Å²) in [6.07, 6.45) is 0.289. The maximum absolute atomic E-state index is 14.0. The summed E-state index contributed by atoms with van der Waals surface area (Å²) in [4.78, 5) is -0.360. The summed E-state index contributed by atoms with van der Waals surface area (Å²) in [5.74, 6) is 4.48. The minimum Gasteiger partial charge on any atom is -0.395 e. The number of hydrogen-bond donors (Lipinski definition) is 1. The van der Waals surface area contributed by atoms with Crippen molar-refractivity contribution in [2.45, 2.75) is 31.2 Å². The molecular weight excluding hydrogens is 281 g/mol. The number of benzene rings is 1. The van der Waals surface area contributed by atoms with Gasteiger partial charge in [0.1, 0.15) is 10.7 Å². The Morgan fingerprint density at radius 2 is 2.05 bits per heavy atom. The fourth-order valence-electron chi connectivity index (χ4n) is 1.44. The van der Waals surface area contributed by atoms with Crippen molar-refractivity contribution in [2.75, 3.05) is 13.7 Å². The molecule has 0 saturated heterocycles. The largest absolute Gasteiger partial charge is 0.395 e. The van der Waals surface area contributed by atoms with Gasteiger partial charge in [-0.15, -0.1) is 0 Å². The lowest BCUT2D eigenvalue weighted by molar-refractivity contribution is 0.305. The van der Waals surface area contributed by atoms with E-state index in [2.05, 4.69) is 11.8 Å². The molecule has 6 heteroatoms. The van der Waals surface area contributed by atoms with Crippen LogP contribution in [0.1, 0.15) is 25.8 Å². The molecule has 20 heavy (non-hydrogen) atoms. The lowest BCUT2D eigenvalue weighted by Gasteiger charge is -2.21. The Labute approximate surface area is 119 Å². The standard InChI is InChI=1S/C14H18FNO3S/c1-11(2)16(3)20(18,19)14-8-7-12(10-13(14)15)6-4-5-9-17/h7-8,10-11,17H,5,9H2,1-3H3. The predicted molar refractivity (Wildman–Crippen MR) is 75.1 cm³/mol. The van der Waals surface area contributed by atoms with Gasteiger partial charge >= 0.3 is 0 Å². The normalized spacial score (nSPS) is 11.6. The first kappa shape index (κ1) is 16.6. The van der Waals surface area contributed by atoms with Crippen LogP contribution in [0.25, 0.3) is 0 Å². The third-order valence-electron chi connectivity index (χ3n) is 2.79. The van der Waals surface area contributed by atoms with Crippen molar-refractivity contribution in [3.8, 4) is 11.8 Å². The van der Waals surface area contributed by atoms with E-state index in [0.717, 1.165) is 10.4 Å². The van der Waals surface area contributed by atoms with Gasteiger partial charge in [0.25, 0.3) is 0 Å². The molecule has 0 radical (unpaired) electrons. The van der Waals surface area contributed by atoms with Gasteiger partial charge in [0, 0.05) is 25.1 Å². The van der Waals surface area contributed by atoms with E-state index in [9.17, 15) is 12.8 Å². The molecule has 0 spiro atoms. The van der Waals surface area contributed by atoms with Crippen LogP contribution in [0.4, 0.5) is 4.39 Å². The van der Waals surface area contributed by atoms with Crippen LogP contribution >= 0.6 is 0 Å². The SMILES string of the molecule is CC(C)N(C)S(=O)(=O)c1ccc(C#CCCO)cc1F. The molecule has 0 bridgehead atoms. The molecule has 1 N–H and O–H groups in total. The fourth-order valence-corrected chi connectivity index (χ4v) is 2.85. The quantitative estimate of drug-likeness (QED) is 0.859. The highest BCUT2D eigenvalue weighted by Gasteiger charge is 2.26. The van der Waals surface area contributed by atoms with Crippen LogP contribution in [-0.4, -0.2) is 37.5 Å². The summed E-state index contributed by atoms with van der Waals surface area (Å²) < 4.78 is 39.4. The highest BCUT2D eigenvalue weighted by molar-refractivity contribution is 7.89. The first-order valence-corrected chi connectivity index (χ1v) is 7.62. The van der Waals surface area contributed by atoms with E-state index < -0.39 is 15.8 Å². The molecule has 0 aliphatic heterocycles. The number of rotatable bonds is 4. The maximum atomic E-state index is 14.0. The van der Waals surface area contributed by atoms with Crippen molar-refractivity contribution in [1.82, 2.24) is 4.31 Å².